The SMILES string of the molecule is CCN(C(=O)COC(=O)c1ccc(C)o1)C1CCS(=O)(=O)C1. The number of ether oxygens (including phenoxy) is 1. The van der Waals surface area contributed by atoms with Crippen molar-refractivity contribution in [3.63, 3.8) is 0 Å². The van der Waals surface area contributed by atoms with Gasteiger partial charge in [-0.15, -0.1) is 0 Å². The zero-order valence-corrected chi connectivity index (χ0v) is 13.4. The summed E-state index contributed by atoms with van der Waals surface area (Å²) in [6.45, 7) is 3.40. The van der Waals surface area contributed by atoms with Crippen molar-refractivity contribution in [2.75, 3.05) is 24.7 Å². The lowest BCUT2D eigenvalue weighted by Gasteiger charge is -2.26. The van der Waals surface area contributed by atoms with Gasteiger partial charge in [-0.1, -0.05) is 0 Å². The maximum atomic E-state index is 12.1. The average molecular weight is 329 g/mol. The Bertz CT molecular complexity index is 663. The zero-order chi connectivity index (χ0) is 16.3. The fraction of sp³-hybridized carbons (Fsp3) is 0.571. The largest absolute Gasteiger partial charge is 0.454 e. The molecule has 0 bridgehead atoms. The van der Waals surface area contributed by atoms with E-state index in [-0.39, 0.29) is 23.3 Å². The first-order chi connectivity index (χ1) is 10.3. The molecule has 1 atom stereocenters. The van der Waals surface area contributed by atoms with Crippen LogP contribution in [0.25, 0.3) is 0 Å². The molecule has 1 amide bonds. The average Bonchev–Trinajstić information content (AvgIpc) is 3.03. The smallest absolute Gasteiger partial charge is 0.374 e. The standard InChI is InChI=1S/C14H19NO6S/c1-3-15(11-6-7-22(18,19)9-11)13(16)8-20-14(17)12-5-4-10(2)21-12/h4-5,11H,3,6-9H2,1-2H3. The number of esters is 1. The van der Waals surface area contributed by atoms with Crippen LogP contribution in [-0.2, 0) is 19.4 Å². The molecule has 2 heterocycles. The molecule has 0 N–H and O–H groups in total. The van der Waals surface area contributed by atoms with Crippen molar-refractivity contribution in [3.05, 3.63) is 23.7 Å². The Morgan fingerprint density at radius 2 is 2.14 bits per heavy atom. The third-order valence-corrected chi connectivity index (χ3v) is 5.33. The molecule has 22 heavy (non-hydrogen) atoms. The molecule has 7 nitrogen and oxygen atoms in total. The van der Waals surface area contributed by atoms with Crippen LogP contribution in [0.2, 0.25) is 0 Å². The third kappa shape index (κ3) is 3.88. The molecule has 1 unspecified atom stereocenters. The monoisotopic (exact) mass is 329 g/mol. The Hall–Kier alpha value is -1.83. The molecular weight excluding hydrogens is 310 g/mol. The van der Waals surface area contributed by atoms with Gasteiger partial charge in [-0.3, -0.25) is 4.79 Å². The molecule has 1 aliphatic rings. The number of amides is 1. The minimum absolute atomic E-state index is 0.0299. The van der Waals surface area contributed by atoms with E-state index in [1.54, 1.807) is 19.9 Å². The van der Waals surface area contributed by atoms with Gasteiger partial charge in [0.2, 0.25) is 5.76 Å². The van der Waals surface area contributed by atoms with Gasteiger partial charge in [0.05, 0.1) is 11.5 Å². The van der Waals surface area contributed by atoms with E-state index in [4.69, 9.17) is 9.15 Å². The lowest BCUT2D eigenvalue weighted by molar-refractivity contribution is -0.136. The third-order valence-electron chi connectivity index (χ3n) is 3.58. The van der Waals surface area contributed by atoms with Gasteiger partial charge in [0.25, 0.3) is 5.91 Å². The zero-order valence-electron chi connectivity index (χ0n) is 12.6. The van der Waals surface area contributed by atoms with Crippen molar-refractivity contribution in [2.24, 2.45) is 0 Å². The summed E-state index contributed by atoms with van der Waals surface area (Å²) >= 11 is 0. The van der Waals surface area contributed by atoms with Crippen LogP contribution in [0.3, 0.4) is 0 Å². The first kappa shape index (κ1) is 16.5. The molecule has 1 aromatic heterocycles. The lowest BCUT2D eigenvalue weighted by Crippen LogP contribution is -2.43. The molecule has 122 valence electrons. The van der Waals surface area contributed by atoms with Crippen molar-refractivity contribution in [2.45, 2.75) is 26.3 Å². The molecule has 0 saturated carbocycles. The van der Waals surface area contributed by atoms with Crippen LogP contribution in [0.5, 0.6) is 0 Å². The van der Waals surface area contributed by atoms with Gasteiger partial charge in [0.15, 0.2) is 16.4 Å². The lowest BCUT2D eigenvalue weighted by atomic mass is 10.2. The van der Waals surface area contributed by atoms with Crippen molar-refractivity contribution in [1.82, 2.24) is 4.90 Å². The summed E-state index contributed by atoms with van der Waals surface area (Å²) in [7, 11) is -3.07. The summed E-state index contributed by atoms with van der Waals surface area (Å²) in [4.78, 5) is 25.3. The second-order valence-electron chi connectivity index (χ2n) is 5.22. The predicted octanol–water partition coefficient (Wildman–Crippen LogP) is 0.780. The molecule has 2 rings (SSSR count). The van der Waals surface area contributed by atoms with Crippen LogP contribution in [0.1, 0.15) is 29.7 Å². The highest BCUT2D eigenvalue weighted by atomic mass is 32.2. The highest BCUT2D eigenvalue weighted by Crippen LogP contribution is 2.18. The van der Waals surface area contributed by atoms with Gasteiger partial charge >= 0.3 is 5.97 Å². The molecule has 0 aromatic carbocycles. The normalized spacial score (nSPS) is 19.8. The maximum Gasteiger partial charge on any atom is 0.374 e. The Morgan fingerprint density at radius 1 is 1.41 bits per heavy atom. The second kappa shape index (κ2) is 6.51. The molecule has 0 aliphatic carbocycles. The van der Waals surface area contributed by atoms with Crippen molar-refractivity contribution >= 4 is 21.7 Å². The van der Waals surface area contributed by atoms with Gasteiger partial charge in [0.1, 0.15) is 5.76 Å². The second-order valence-corrected chi connectivity index (χ2v) is 7.45. The van der Waals surface area contributed by atoms with E-state index in [2.05, 4.69) is 0 Å². The summed E-state index contributed by atoms with van der Waals surface area (Å²) in [5.74, 6) is -0.440. The molecule has 1 aromatic rings. The quantitative estimate of drug-likeness (QED) is 0.741. The van der Waals surface area contributed by atoms with Gasteiger partial charge in [-0.2, -0.15) is 0 Å². The summed E-state index contributed by atoms with van der Waals surface area (Å²) in [6, 6.07) is 2.76. The molecule has 0 spiro atoms. The number of hydrogen-bond acceptors (Lipinski definition) is 6. The van der Waals surface area contributed by atoms with Crippen LogP contribution in [0, 0.1) is 6.92 Å². The van der Waals surface area contributed by atoms with Gasteiger partial charge in [0, 0.05) is 12.6 Å². The maximum absolute atomic E-state index is 12.1. The number of rotatable bonds is 5. The predicted molar refractivity (Wildman–Crippen MR) is 78.2 cm³/mol. The molecule has 1 aliphatic heterocycles. The van der Waals surface area contributed by atoms with Crippen LogP contribution >= 0.6 is 0 Å². The molecule has 8 heteroatoms. The van der Waals surface area contributed by atoms with E-state index < -0.39 is 28.3 Å². The minimum Gasteiger partial charge on any atom is -0.454 e. The number of hydrogen-bond donors (Lipinski definition) is 0. The van der Waals surface area contributed by atoms with E-state index in [9.17, 15) is 18.0 Å². The van der Waals surface area contributed by atoms with E-state index >= 15 is 0 Å². The van der Waals surface area contributed by atoms with Crippen LogP contribution < -0.4 is 0 Å². The van der Waals surface area contributed by atoms with E-state index in [0.717, 1.165) is 0 Å². The van der Waals surface area contributed by atoms with Gasteiger partial charge < -0.3 is 14.1 Å². The number of nitrogens with zero attached hydrogens (tertiary/aromatic N) is 1. The van der Waals surface area contributed by atoms with Gasteiger partial charge in [-0.25, -0.2) is 13.2 Å². The fourth-order valence-corrected chi connectivity index (χ4v) is 4.22. The first-order valence-electron chi connectivity index (χ1n) is 7.06. The number of furan rings is 1. The Morgan fingerprint density at radius 3 is 2.64 bits per heavy atom. The molecule has 1 saturated heterocycles. The topological polar surface area (TPSA) is 93.9 Å². The number of carbonyl (C=O) groups excluding carboxylic acids is 2. The van der Waals surface area contributed by atoms with E-state index in [1.165, 1.54) is 11.0 Å². The molecule has 0 radical (unpaired) electrons. The summed E-state index contributed by atoms with van der Waals surface area (Å²) in [6.07, 6.45) is 0.424. The number of sulfone groups is 1. The van der Waals surface area contributed by atoms with Crippen LogP contribution in [0.4, 0.5) is 0 Å². The molecular formula is C14H19NO6S. The van der Waals surface area contributed by atoms with Gasteiger partial charge in [-0.05, 0) is 32.4 Å². The Labute approximate surface area is 129 Å². The van der Waals surface area contributed by atoms with Crippen LogP contribution in [0.15, 0.2) is 16.5 Å². The first-order valence-corrected chi connectivity index (χ1v) is 8.88. The van der Waals surface area contributed by atoms with Crippen molar-refractivity contribution < 1.29 is 27.2 Å². The summed E-state index contributed by atoms with van der Waals surface area (Å²) in [5, 5.41) is 0. The fourth-order valence-electron chi connectivity index (χ4n) is 2.48. The van der Waals surface area contributed by atoms with Crippen LogP contribution in [-0.4, -0.2) is 55.9 Å². The van der Waals surface area contributed by atoms with E-state index in [1.807, 2.05) is 0 Å². The number of likely N-dealkylation sites (N-methyl/N-ethyl adjacent to an activating group) is 1. The Balaban J connectivity index is 1.91. The Kier molecular flexibility index (Phi) is 4.90. The summed E-state index contributed by atoms with van der Waals surface area (Å²) in [5.41, 5.74) is 0. The highest BCUT2D eigenvalue weighted by molar-refractivity contribution is 7.91. The number of aryl methyl sites for hydroxylation is 1. The van der Waals surface area contributed by atoms with Crippen molar-refractivity contribution in [1.29, 1.82) is 0 Å². The van der Waals surface area contributed by atoms with E-state index in [0.29, 0.717) is 18.7 Å². The number of carbonyl (C=O) groups is 2. The highest BCUT2D eigenvalue weighted by Gasteiger charge is 2.34. The summed E-state index contributed by atoms with van der Waals surface area (Å²) < 4.78 is 33.0. The minimum atomic E-state index is -3.07. The molecule has 1 fully saturated rings. The van der Waals surface area contributed by atoms with Crippen molar-refractivity contribution in [3.8, 4) is 0 Å².